The summed E-state index contributed by atoms with van der Waals surface area (Å²) in [5.74, 6) is 0.645. The molecule has 20 heavy (non-hydrogen) atoms. The van der Waals surface area contributed by atoms with Gasteiger partial charge in [-0.3, -0.25) is 4.90 Å². The van der Waals surface area contributed by atoms with Crippen molar-refractivity contribution in [3.63, 3.8) is 0 Å². The first-order chi connectivity index (χ1) is 9.74. The molecular formula is C16H26ClN3. The molecule has 1 aliphatic heterocycles. The molecule has 1 fully saturated rings. The molecule has 1 heterocycles. The minimum Gasteiger partial charge on any atom is -0.368 e. The molecule has 0 aromatic heterocycles. The number of anilines is 1. The first-order valence-electron chi connectivity index (χ1n) is 7.66. The molecule has 1 aromatic carbocycles. The van der Waals surface area contributed by atoms with Crippen molar-refractivity contribution in [1.82, 2.24) is 4.90 Å². The first kappa shape index (κ1) is 15.6. The fraction of sp³-hybridized carbons (Fsp3) is 0.625. The molecule has 0 amide bonds. The zero-order valence-electron chi connectivity index (χ0n) is 12.4. The van der Waals surface area contributed by atoms with E-state index in [1.54, 1.807) is 0 Å². The molecule has 0 radical (unpaired) electrons. The van der Waals surface area contributed by atoms with Crippen molar-refractivity contribution >= 4 is 17.3 Å². The van der Waals surface area contributed by atoms with Crippen LogP contribution in [0.25, 0.3) is 0 Å². The van der Waals surface area contributed by atoms with Crippen molar-refractivity contribution in [3.8, 4) is 0 Å². The second kappa shape index (κ2) is 7.87. The molecule has 2 N–H and O–H groups in total. The van der Waals surface area contributed by atoms with Crippen LogP contribution in [0.15, 0.2) is 24.3 Å². The van der Waals surface area contributed by atoms with Crippen LogP contribution in [0.4, 0.5) is 5.69 Å². The Kier molecular flexibility index (Phi) is 6.14. The Morgan fingerprint density at radius 1 is 1.20 bits per heavy atom. The average molecular weight is 296 g/mol. The van der Waals surface area contributed by atoms with Crippen molar-refractivity contribution < 1.29 is 0 Å². The average Bonchev–Trinajstić information content (AvgIpc) is 2.48. The summed E-state index contributed by atoms with van der Waals surface area (Å²) in [5, 5.41) is 0.853. The van der Waals surface area contributed by atoms with E-state index in [9.17, 15) is 0 Å². The van der Waals surface area contributed by atoms with E-state index in [2.05, 4.69) is 28.9 Å². The third-order valence-electron chi connectivity index (χ3n) is 4.11. The Labute approximate surface area is 127 Å². The van der Waals surface area contributed by atoms with Crippen molar-refractivity contribution in [2.24, 2.45) is 11.7 Å². The molecule has 3 nitrogen and oxygen atoms in total. The normalized spacial score (nSPS) is 18.2. The molecule has 0 spiro atoms. The van der Waals surface area contributed by atoms with E-state index < -0.39 is 0 Å². The Bertz CT molecular complexity index is 402. The van der Waals surface area contributed by atoms with Gasteiger partial charge in [-0.2, -0.15) is 0 Å². The monoisotopic (exact) mass is 295 g/mol. The Morgan fingerprint density at radius 2 is 1.90 bits per heavy atom. The molecule has 0 bridgehead atoms. The van der Waals surface area contributed by atoms with Crippen molar-refractivity contribution in [3.05, 3.63) is 29.3 Å². The summed E-state index contributed by atoms with van der Waals surface area (Å²) in [4.78, 5) is 4.93. The van der Waals surface area contributed by atoms with Crippen molar-refractivity contribution in [1.29, 1.82) is 0 Å². The highest BCUT2D eigenvalue weighted by Gasteiger charge is 2.20. The number of hydrogen-bond donors (Lipinski definition) is 1. The summed E-state index contributed by atoms with van der Waals surface area (Å²) in [5.41, 5.74) is 7.02. The van der Waals surface area contributed by atoms with Crippen molar-refractivity contribution in [2.75, 3.05) is 44.2 Å². The van der Waals surface area contributed by atoms with Gasteiger partial charge in [-0.05, 0) is 31.0 Å². The highest BCUT2D eigenvalue weighted by atomic mass is 35.5. The number of para-hydroxylation sites is 1. The molecule has 1 aromatic rings. The summed E-state index contributed by atoms with van der Waals surface area (Å²) >= 11 is 6.27. The molecule has 4 heteroatoms. The van der Waals surface area contributed by atoms with E-state index in [1.165, 1.54) is 12.8 Å². The molecule has 1 saturated heterocycles. The predicted octanol–water partition coefficient (Wildman–Crippen LogP) is 2.84. The third-order valence-corrected chi connectivity index (χ3v) is 4.43. The van der Waals surface area contributed by atoms with Gasteiger partial charge < -0.3 is 10.6 Å². The minimum atomic E-state index is 0.645. The Balaban J connectivity index is 1.85. The number of nitrogens with zero attached hydrogens (tertiary/aromatic N) is 2. The van der Waals surface area contributed by atoms with Gasteiger partial charge in [0.25, 0.3) is 0 Å². The molecule has 1 unspecified atom stereocenters. The van der Waals surface area contributed by atoms with Gasteiger partial charge in [0, 0.05) is 32.7 Å². The molecule has 1 atom stereocenters. The van der Waals surface area contributed by atoms with Crippen LogP contribution in [0.5, 0.6) is 0 Å². The lowest BCUT2D eigenvalue weighted by Crippen LogP contribution is -2.48. The smallest absolute Gasteiger partial charge is 0.0639 e. The van der Waals surface area contributed by atoms with Crippen LogP contribution in [0.1, 0.15) is 19.8 Å². The van der Waals surface area contributed by atoms with E-state index in [-0.39, 0.29) is 0 Å². The van der Waals surface area contributed by atoms with Gasteiger partial charge in [0.15, 0.2) is 0 Å². The van der Waals surface area contributed by atoms with Gasteiger partial charge in [0.05, 0.1) is 10.7 Å². The second-order valence-electron chi connectivity index (χ2n) is 5.63. The van der Waals surface area contributed by atoms with E-state index in [0.29, 0.717) is 5.92 Å². The van der Waals surface area contributed by atoms with Crippen LogP contribution in [-0.2, 0) is 0 Å². The molecule has 112 valence electrons. The fourth-order valence-corrected chi connectivity index (χ4v) is 3.19. The number of rotatable bonds is 6. The maximum Gasteiger partial charge on any atom is 0.0639 e. The number of benzene rings is 1. The van der Waals surface area contributed by atoms with Gasteiger partial charge in [0.1, 0.15) is 0 Å². The molecular weight excluding hydrogens is 270 g/mol. The van der Waals surface area contributed by atoms with Gasteiger partial charge >= 0.3 is 0 Å². The van der Waals surface area contributed by atoms with Crippen molar-refractivity contribution in [2.45, 2.75) is 19.8 Å². The zero-order valence-corrected chi connectivity index (χ0v) is 13.1. The largest absolute Gasteiger partial charge is 0.368 e. The van der Waals surface area contributed by atoms with E-state index >= 15 is 0 Å². The molecule has 1 aliphatic rings. The van der Waals surface area contributed by atoms with Crippen LogP contribution in [0.3, 0.4) is 0 Å². The zero-order chi connectivity index (χ0) is 14.4. The Hall–Kier alpha value is -0.770. The van der Waals surface area contributed by atoms with E-state index in [0.717, 1.165) is 50.0 Å². The molecule has 2 rings (SSSR count). The standard InChI is InChI=1S/C16H26ClN3/c1-2-5-14(12-18)13-19-8-10-20(11-9-19)16-7-4-3-6-15(16)17/h3-4,6-7,14H,2,5,8-13,18H2,1H3. The highest BCUT2D eigenvalue weighted by Crippen LogP contribution is 2.26. The lowest BCUT2D eigenvalue weighted by atomic mass is 10.0. The van der Waals surface area contributed by atoms with Gasteiger partial charge in [-0.15, -0.1) is 0 Å². The van der Waals surface area contributed by atoms with E-state index in [4.69, 9.17) is 17.3 Å². The maximum absolute atomic E-state index is 6.27. The van der Waals surface area contributed by atoms with Gasteiger partial charge in [-0.25, -0.2) is 0 Å². The number of hydrogen-bond acceptors (Lipinski definition) is 3. The first-order valence-corrected chi connectivity index (χ1v) is 8.04. The van der Waals surface area contributed by atoms with Crippen LogP contribution < -0.4 is 10.6 Å². The maximum atomic E-state index is 6.27. The predicted molar refractivity (Wildman–Crippen MR) is 87.6 cm³/mol. The quantitative estimate of drug-likeness (QED) is 0.876. The molecule has 0 saturated carbocycles. The summed E-state index contributed by atoms with van der Waals surface area (Å²) in [7, 11) is 0. The van der Waals surface area contributed by atoms with E-state index in [1.807, 2.05) is 12.1 Å². The minimum absolute atomic E-state index is 0.645. The second-order valence-corrected chi connectivity index (χ2v) is 6.04. The fourth-order valence-electron chi connectivity index (χ4n) is 2.94. The number of halogens is 1. The highest BCUT2D eigenvalue weighted by molar-refractivity contribution is 6.33. The Morgan fingerprint density at radius 3 is 2.50 bits per heavy atom. The molecule has 0 aliphatic carbocycles. The van der Waals surface area contributed by atoms with Crippen LogP contribution in [0.2, 0.25) is 5.02 Å². The topological polar surface area (TPSA) is 32.5 Å². The van der Waals surface area contributed by atoms with Crippen LogP contribution in [-0.4, -0.2) is 44.2 Å². The lowest BCUT2D eigenvalue weighted by molar-refractivity contribution is 0.215. The van der Waals surface area contributed by atoms with Gasteiger partial charge in [0.2, 0.25) is 0 Å². The summed E-state index contributed by atoms with van der Waals surface area (Å²) in [6, 6.07) is 8.12. The SMILES string of the molecule is CCCC(CN)CN1CCN(c2ccccc2Cl)CC1. The van der Waals surface area contributed by atoms with Gasteiger partial charge in [-0.1, -0.05) is 37.1 Å². The summed E-state index contributed by atoms with van der Waals surface area (Å²) in [6.07, 6.45) is 2.46. The number of piperazine rings is 1. The summed E-state index contributed by atoms with van der Waals surface area (Å²) < 4.78 is 0. The number of nitrogens with two attached hydrogens (primary N) is 1. The lowest BCUT2D eigenvalue weighted by Gasteiger charge is -2.37. The summed E-state index contributed by atoms with van der Waals surface area (Å²) in [6.45, 7) is 8.48. The van der Waals surface area contributed by atoms with Crippen LogP contribution >= 0.6 is 11.6 Å². The van der Waals surface area contributed by atoms with Crippen LogP contribution in [0, 0.1) is 5.92 Å². The third kappa shape index (κ3) is 4.11.